The van der Waals surface area contributed by atoms with Gasteiger partial charge in [0.25, 0.3) is 0 Å². The van der Waals surface area contributed by atoms with Crippen LogP contribution in [0, 0.1) is 5.92 Å². The number of hydrogen-bond donors (Lipinski definition) is 2. The van der Waals surface area contributed by atoms with Gasteiger partial charge in [-0.15, -0.1) is 0 Å². The van der Waals surface area contributed by atoms with Crippen molar-refractivity contribution in [2.45, 2.75) is 31.9 Å². The molecule has 1 fully saturated rings. The molecular formula is C19H22N4O3. The molecule has 2 amide bonds. The van der Waals surface area contributed by atoms with Crippen LogP contribution >= 0.6 is 0 Å². The lowest BCUT2D eigenvalue weighted by Crippen LogP contribution is -2.39. The number of aromatic nitrogens is 2. The van der Waals surface area contributed by atoms with E-state index in [1.54, 1.807) is 10.9 Å². The van der Waals surface area contributed by atoms with Crippen LogP contribution in [0.25, 0.3) is 11.1 Å². The Morgan fingerprint density at radius 1 is 1.35 bits per heavy atom. The van der Waals surface area contributed by atoms with E-state index in [0.717, 1.165) is 30.6 Å². The maximum absolute atomic E-state index is 12.5. The highest BCUT2D eigenvalue weighted by molar-refractivity contribution is 5.98. The van der Waals surface area contributed by atoms with Crippen LogP contribution in [0.3, 0.4) is 0 Å². The highest BCUT2D eigenvalue weighted by atomic mass is 16.5. The monoisotopic (exact) mass is 354 g/mol. The Bertz CT molecular complexity index is 796. The zero-order chi connectivity index (χ0) is 17.9. The molecule has 2 aromatic rings. The third-order valence-electron chi connectivity index (χ3n) is 4.91. The minimum atomic E-state index is -0.421. The van der Waals surface area contributed by atoms with Crippen molar-refractivity contribution in [1.82, 2.24) is 15.1 Å². The molecule has 1 aromatic heterocycles. The lowest BCUT2D eigenvalue weighted by atomic mass is 10.0. The summed E-state index contributed by atoms with van der Waals surface area (Å²) in [5, 5.41) is 10.2. The van der Waals surface area contributed by atoms with Crippen molar-refractivity contribution in [1.29, 1.82) is 0 Å². The molecule has 0 aliphatic carbocycles. The molecule has 2 atom stereocenters. The summed E-state index contributed by atoms with van der Waals surface area (Å²) in [6.07, 6.45) is 4.02. The van der Waals surface area contributed by atoms with Crippen molar-refractivity contribution >= 4 is 17.6 Å². The molecule has 7 heteroatoms. The predicted octanol–water partition coefficient (Wildman–Crippen LogP) is 1.80. The van der Waals surface area contributed by atoms with Crippen molar-refractivity contribution in [3.63, 3.8) is 0 Å². The topological polar surface area (TPSA) is 85.2 Å². The van der Waals surface area contributed by atoms with Gasteiger partial charge in [0.2, 0.25) is 11.8 Å². The normalized spacial score (nSPS) is 21.9. The number of carbonyl (C=O) groups excluding carboxylic acids is 2. The van der Waals surface area contributed by atoms with Crippen LogP contribution in [0.15, 0.2) is 36.5 Å². The molecule has 7 nitrogen and oxygen atoms in total. The summed E-state index contributed by atoms with van der Waals surface area (Å²) in [5.74, 6) is 0.00900. The Kier molecular flexibility index (Phi) is 4.71. The van der Waals surface area contributed by atoms with Gasteiger partial charge in [-0.3, -0.25) is 9.59 Å². The van der Waals surface area contributed by atoms with Gasteiger partial charge >= 0.3 is 0 Å². The summed E-state index contributed by atoms with van der Waals surface area (Å²) < 4.78 is 7.26. The van der Waals surface area contributed by atoms with Gasteiger partial charge in [0.05, 0.1) is 24.8 Å². The van der Waals surface area contributed by atoms with Crippen LogP contribution in [0.2, 0.25) is 0 Å². The Hall–Kier alpha value is -2.67. The van der Waals surface area contributed by atoms with Crippen molar-refractivity contribution in [2.75, 3.05) is 18.5 Å². The van der Waals surface area contributed by atoms with E-state index in [-0.39, 0.29) is 24.3 Å². The largest absolute Gasteiger partial charge is 0.376 e. The molecule has 0 bridgehead atoms. The molecule has 2 aliphatic rings. The number of fused-ring (bicyclic) bond motifs is 1. The zero-order valence-corrected chi connectivity index (χ0v) is 14.5. The van der Waals surface area contributed by atoms with Crippen molar-refractivity contribution in [3.05, 3.63) is 36.5 Å². The summed E-state index contributed by atoms with van der Waals surface area (Å²) in [5.41, 5.74) is 1.89. The smallest absolute Gasteiger partial charge is 0.231 e. The molecule has 2 N–H and O–H groups in total. The van der Waals surface area contributed by atoms with Gasteiger partial charge in [-0.25, -0.2) is 4.68 Å². The van der Waals surface area contributed by atoms with Crippen molar-refractivity contribution in [2.24, 2.45) is 5.92 Å². The van der Waals surface area contributed by atoms with Crippen molar-refractivity contribution in [3.8, 4) is 11.1 Å². The van der Waals surface area contributed by atoms with E-state index in [4.69, 9.17) is 4.74 Å². The standard InChI is InChI=1S/C19H22N4O3/c24-17(20-10-15-7-4-8-26-15)9-14-12-23-18(22-19(14)25)16(11-21-23)13-5-2-1-3-6-13/h1-3,5-6,11,14-15H,4,7-10,12H2,(H,20,24)(H,22,25). The number of nitrogens with one attached hydrogen (secondary N) is 2. The fraction of sp³-hybridized carbons (Fsp3) is 0.421. The molecule has 4 rings (SSSR count). The van der Waals surface area contributed by atoms with Crippen LogP contribution < -0.4 is 10.6 Å². The van der Waals surface area contributed by atoms with E-state index in [9.17, 15) is 9.59 Å². The van der Waals surface area contributed by atoms with Gasteiger partial charge in [0.1, 0.15) is 5.82 Å². The molecule has 2 aliphatic heterocycles. The summed E-state index contributed by atoms with van der Waals surface area (Å²) in [4.78, 5) is 24.7. The van der Waals surface area contributed by atoms with Gasteiger partial charge in [-0.1, -0.05) is 30.3 Å². The number of ether oxygens (including phenoxy) is 1. The van der Waals surface area contributed by atoms with E-state index in [2.05, 4.69) is 15.7 Å². The average molecular weight is 354 g/mol. The molecule has 0 saturated carbocycles. The maximum atomic E-state index is 12.5. The molecule has 3 heterocycles. The molecule has 1 saturated heterocycles. The highest BCUT2D eigenvalue weighted by Gasteiger charge is 2.30. The lowest BCUT2D eigenvalue weighted by Gasteiger charge is -2.24. The first kappa shape index (κ1) is 16.8. The maximum Gasteiger partial charge on any atom is 0.231 e. The van der Waals surface area contributed by atoms with Gasteiger partial charge < -0.3 is 15.4 Å². The lowest BCUT2D eigenvalue weighted by molar-refractivity contribution is -0.128. The second-order valence-electron chi connectivity index (χ2n) is 6.78. The second-order valence-corrected chi connectivity index (χ2v) is 6.78. The average Bonchev–Trinajstić information content (AvgIpc) is 3.31. The number of rotatable bonds is 5. The van der Waals surface area contributed by atoms with Gasteiger partial charge in [-0.2, -0.15) is 5.10 Å². The Labute approximate surface area is 151 Å². The first-order valence-corrected chi connectivity index (χ1v) is 9.01. The fourth-order valence-corrected chi connectivity index (χ4v) is 3.48. The first-order chi connectivity index (χ1) is 12.7. The minimum Gasteiger partial charge on any atom is -0.376 e. The summed E-state index contributed by atoms with van der Waals surface area (Å²) in [6.45, 7) is 1.68. The number of anilines is 1. The fourth-order valence-electron chi connectivity index (χ4n) is 3.48. The Morgan fingerprint density at radius 2 is 2.19 bits per heavy atom. The molecular weight excluding hydrogens is 332 g/mol. The molecule has 136 valence electrons. The number of benzene rings is 1. The van der Waals surface area contributed by atoms with E-state index in [1.165, 1.54) is 0 Å². The Balaban J connectivity index is 1.40. The van der Waals surface area contributed by atoms with Crippen LogP contribution in [0.1, 0.15) is 19.3 Å². The zero-order valence-electron chi connectivity index (χ0n) is 14.5. The van der Waals surface area contributed by atoms with Crippen LogP contribution in [-0.4, -0.2) is 40.9 Å². The minimum absolute atomic E-state index is 0.102. The van der Waals surface area contributed by atoms with E-state index < -0.39 is 5.92 Å². The third-order valence-corrected chi connectivity index (χ3v) is 4.91. The van der Waals surface area contributed by atoms with Gasteiger partial charge in [-0.05, 0) is 18.4 Å². The predicted molar refractivity (Wildman–Crippen MR) is 96.4 cm³/mol. The number of nitrogens with zero attached hydrogens (tertiary/aromatic N) is 2. The quantitative estimate of drug-likeness (QED) is 0.857. The molecule has 1 aromatic carbocycles. The third kappa shape index (κ3) is 3.48. The molecule has 0 radical (unpaired) electrons. The van der Waals surface area contributed by atoms with Gasteiger partial charge in [0, 0.05) is 25.1 Å². The molecule has 26 heavy (non-hydrogen) atoms. The van der Waals surface area contributed by atoms with Crippen LogP contribution in [0.4, 0.5) is 5.82 Å². The van der Waals surface area contributed by atoms with Gasteiger partial charge in [0.15, 0.2) is 0 Å². The SMILES string of the molecule is O=C(CC1Cn2ncc(-c3ccccc3)c2NC1=O)NCC1CCCO1. The number of hydrogen-bond acceptors (Lipinski definition) is 4. The number of carbonyl (C=O) groups is 2. The molecule has 2 unspecified atom stereocenters. The number of amides is 2. The Morgan fingerprint density at radius 3 is 2.96 bits per heavy atom. The van der Waals surface area contributed by atoms with Crippen LogP contribution in [-0.2, 0) is 20.9 Å². The summed E-state index contributed by atoms with van der Waals surface area (Å²) in [7, 11) is 0. The van der Waals surface area contributed by atoms with E-state index >= 15 is 0 Å². The first-order valence-electron chi connectivity index (χ1n) is 9.01. The molecule has 0 spiro atoms. The van der Waals surface area contributed by atoms with Crippen LogP contribution in [0.5, 0.6) is 0 Å². The van der Waals surface area contributed by atoms with E-state index in [0.29, 0.717) is 18.9 Å². The highest BCUT2D eigenvalue weighted by Crippen LogP contribution is 2.31. The second kappa shape index (κ2) is 7.29. The van der Waals surface area contributed by atoms with E-state index in [1.807, 2.05) is 30.3 Å². The van der Waals surface area contributed by atoms with Crippen molar-refractivity contribution < 1.29 is 14.3 Å². The summed E-state index contributed by atoms with van der Waals surface area (Å²) >= 11 is 0. The summed E-state index contributed by atoms with van der Waals surface area (Å²) in [6, 6.07) is 9.81.